The summed E-state index contributed by atoms with van der Waals surface area (Å²) in [7, 11) is 4.51. The van der Waals surface area contributed by atoms with Crippen LogP contribution in [0.4, 0.5) is 0 Å². The van der Waals surface area contributed by atoms with E-state index in [1.165, 1.54) is 55.0 Å². The molecular formula is C26H34BrN5. The molecule has 0 N–H and O–H groups in total. The van der Waals surface area contributed by atoms with E-state index in [4.69, 9.17) is 9.97 Å². The Morgan fingerprint density at radius 2 is 1.78 bits per heavy atom. The van der Waals surface area contributed by atoms with Crippen molar-refractivity contribution in [1.29, 1.82) is 0 Å². The van der Waals surface area contributed by atoms with E-state index in [0.717, 1.165) is 29.4 Å². The lowest BCUT2D eigenvalue weighted by Gasteiger charge is -2.40. The first-order valence-electron chi connectivity index (χ1n) is 12.0. The first-order valence-corrected chi connectivity index (χ1v) is 12.8. The summed E-state index contributed by atoms with van der Waals surface area (Å²) in [6.45, 7) is 5.63. The number of piperidine rings is 2. The van der Waals surface area contributed by atoms with Crippen molar-refractivity contribution in [2.45, 2.75) is 57.7 Å². The molecule has 0 radical (unpaired) electrons. The first kappa shape index (κ1) is 22.1. The third-order valence-electron chi connectivity index (χ3n) is 7.63. The van der Waals surface area contributed by atoms with Gasteiger partial charge in [-0.25, -0.2) is 4.98 Å². The molecular weight excluding hydrogens is 462 g/mol. The number of hydrogen-bond acceptors (Lipinski definition) is 4. The van der Waals surface area contributed by atoms with Gasteiger partial charge >= 0.3 is 0 Å². The molecule has 0 aliphatic carbocycles. The van der Waals surface area contributed by atoms with Crippen molar-refractivity contribution in [3.05, 3.63) is 58.1 Å². The second-order valence-corrected chi connectivity index (χ2v) is 10.6. The highest BCUT2D eigenvalue weighted by Gasteiger charge is 2.35. The van der Waals surface area contributed by atoms with Crippen molar-refractivity contribution in [3.8, 4) is 0 Å². The average Bonchev–Trinajstić information content (AvgIpc) is 3.15. The number of likely N-dealkylation sites (tertiary alicyclic amines) is 2. The number of rotatable bonds is 4. The van der Waals surface area contributed by atoms with E-state index < -0.39 is 0 Å². The molecule has 2 aliphatic rings. The summed E-state index contributed by atoms with van der Waals surface area (Å²) in [6, 6.07) is 11.3. The van der Waals surface area contributed by atoms with Crippen LogP contribution >= 0.6 is 15.9 Å². The number of nitrogens with zero attached hydrogens (tertiary/aromatic N) is 5. The van der Waals surface area contributed by atoms with Crippen LogP contribution in [0.3, 0.4) is 0 Å². The number of aryl methyl sites for hydroxylation is 1. The van der Waals surface area contributed by atoms with Crippen molar-refractivity contribution < 1.29 is 0 Å². The van der Waals surface area contributed by atoms with E-state index in [-0.39, 0.29) is 0 Å². The summed E-state index contributed by atoms with van der Waals surface area (Å²) in [5.41, 5.74) is 4.87. The molecule has 6 heteroatoms. The highest BCUT2D eigenvalue weighted by atomic mass is 79.9. The third kappa shape index (κ3) is 4.13. The molecule has 5 nitrogen and oxygen atoms in total. The van der Waals surface area contributed by atoms with Gasteiger partial charge in [-0.1, -0.05) is 12.1 Å². The lowest BCUT2D eigenvalue weighted by atomic mass is 9.91. The normalized spacial score (nSPS) is 23.8. The highest BCUT2D eigenvalue weighted by molar-refractivity contribution is 9.10. The number of benzene rings is 1. The molecule has 0 saturated carbocycles. The molecule has 170 valence electrons. The number of hydrogen-bond donors (Lipinski definition) is 0. The van der Waals surface area contributed by atoms with Gasteiger partial charge in [0.2, 0.25) is 0 Å². The fourth-order valence-electron chi connectivity index (χ4n) is 5.72. The van der Waals surface area contributed by atoms with Gasteiger partial charge in [-0.05, 0) is 112 Å². The van der Waals surface area contributed by atoms with Crippen LogP contribution in [0.2, 0.25) is 0 Å². The standard InChI is InChI=1S/C26H34BrN5/c1-18-7-6-14-28-24(18)22-10-5-11-23(31(22)3)26-29-21-9-4-8-20(27)25(21)32(26)17-19-12-15-30(2)16-13-19/h4,6-9,14,19,22-23H,5,10-13,15-17H2,1-3H3/t22-,23+/m0/s1. The Labute approximate surface area is 200 Å². The topological polar surface area (TPSA) is 37.2 Å². The molecule has 5 rings (SSSR count). The van der Waals surface area contributed by atoms with E-state index in [1.807, 2.05) is 12.3 Å². The Bertz CT molecular complexity index is 1090. The summed E-state index contributed by atoms with van der Waals surface area (Å²) in [4.78, 5) is 15.0. The van der Waals surface area contributed by atoms with Crippen molar-refractivity contribution in [2.24, 2.45) is 5.92 Å². The van der Waals surface area contributed by atoms with Gasteiger partial charge in [0.1, 0.15) is 5.82 Å². The minimum Gasteiger partial charge on any atom is -0.325 e. The zero-order valence-corrected chi connectivity index (χ0v) is 21.1. The van der Waals surface area contributed by atoms with Crippen LogP contribution < -0.4 is 0 Å². The molecule has 2 aliphatic heterocycles. The fourth-order valence-corrected chi connectivity index (χ4v) is 6.29. The van der Waals surface area contributed by atoms with Crippen LogP contribution in [-0.4, -0.2) is 51.5 Å². The van der Waals surface area contributed by atoms with Crippen LogP contribution in [-0.2, 0) is 6.54 Å². The van der Waals surface area contributed by atoms with Crippen LogP contribution in [0.1, 0.15) is 61.3 Å². The smallest absolute Gasteiger partial charge is 0.127 e. The van der Waals surface area contributed by atoms with Crippen LogP contribution in [0.25, 0.3) is 11.0 Å². The van der Waals surface area contributed by atoms with Gasteiger partial charge in [-0.15, -0.1) is 0 Å². The van der Waals surface area contributed by atoms with Crippen molar-refractivity contribution >= 4 is 27.0 Å². The maximum absolute atomic E-state index is 5.24. The van der Waals surface area contributed by atoms with Gasteiger partial charge in [0, 0.05) is 17.2 Å². The molecule has 0 bridgehead atoms. The average molecular weight is 496 g/mol. The number of pyridine rings is 1. The predicted molar refractivity (Wildman–Crippen MR) is 134 cm³/mol. The Kier molecular flexibility index (Phi) is 6.37. The van der Waals surface area contributed by atoms with Crippen molar-refractivity contribution in [3.63, 3.8) is 0 Å². The number of imidazole rings is 1. The summed E-state index contributed by atoms with van der Waals surface area (Å²) in [5, 5.41) is 0. The fraction of sp³-hybridized carbons (Fsp3) is 0.538. The zero-order chi connectivity index (χ0) is 22.2. The van der Waals surface area contributed by atoms with E-state index >= 15 is 0 Å². The summed E-state index contributed by atoms with van der Waals surface area (Å²) >= 11 is 3.84. The summed E-state index contributed by atoms with van der Waals surface area (Å²) in [6.07, 6.45) is 7.96. The maximum atomic E-state index is 5.24. The molecule has 0 amide bonds. The summed E-state index contributed by atoms with van der Waals surface area (Å²) in [5.74, 6) is 1.93. The van der Waals surface area contributed by atoms with Gasteiger partial charge in [0.25, 0.3) is 0 Å². The highest BCUT2D eigenvalue weighted by Crippen LogP contribution is 2.42. The Hall–Kier alpha value is -1.76. The quantitative estimate of drug-likeness (QED) is 0.462. The molecule has 1 aromatic carbocycles. The molecule has 2 fully saturated rings. The molecule has 0 unspecified atom stereocenters. The Balaban J connectivity index is 1.53. The minimum absolute atomic E-state index is 0.306. The Morgan fingerprint density at radius 1 is 1.00 bits per heavy atom. The summed E-state index contributed by atoms with van der Waals surface area (Å²) < 4.78 is 3.70. The first-order chi connectivity index (χ1) is 15.5. The molecule has 4 heterocycles. The predicted octanol–water partition coefficient (Wildman–Crippen LogP) is 5.74. The van der Waals surface area contributed by atoms with Crippen LogP contribution in [0, 0.1) is 12.8 Å². The second-order valence-electron chi connectivity index (χ2n) is 9.77. The molecule has 2 saturated heterocycles. The lowest BCUT2D eigenvalue weighted by molar-refractivity contribution is 0.102. The van der Waals surface area contributed by atoms with Crippen molar-refractivity contribution in [1.82, 2.24) is 24.3 Å². The largest absolute Gasteiger partial charge is 0.325 e. The zero-order valence-electron chi connectivity index (χ0n) is 19.5. The number of halogens is 1. The van der Waals surface area contributed by atoms with E-state index in [0.29, 0.717) is 18.0 Å². The van der Waals surface area contributed by atoms with Gasteiger partial charge < -0.3 is 9.47 Å². The van der Waals surface area contributed by atoms with E-state index in [2.05, 4.69) is 75.6 Å². The molecule has 2 atom stereocenters. The van der Waals surface area contributed by atoms with Crippen LogP contribution in [0.15, 0.2) is 41.0 Å². The molecule has 3 aromatic rings. The molecule has 32 heavy (non-hydrogen) atoms. The van der Waals surface area contributed by atoms with Crippen LogP contribution in [0.5, 0.6) is 0 Å². The van der Waals surface area contributed by atoms with Gasteiger partial charge in [-0.3, -0.25) is 9.88 Å². The van der Waals surface area contributed by atoms with Gasteiger partial charge in [-0.2, -0.15) is 0 Å². The van der Waals surface area contributed by atoms with Gasteiger partial charge in [0.05, 0.1) is 28.8 Å². The van der Waals surface area contributed by atoms with E-state index in [1.54, 1.807) is 0 Å². The second kappa shape index (κ2) is 9.24. The molecule has 2 aromatic heterocycles. The number of aromatic nitrogens is 3. The van der Waals surface area contributed by atoms with Gasteiger partial charge in [0.15, 0.2) is 0 Å². The van der Waals surface area contributed by atoms with E-state index in [9.17, 15) is 0 Å². The lowest BCUT2D eigenvalue weighted by Crippen LogP contribution is -2.36. The number of para-hydroxylation sites is 1. The minimum atomic E-state index is 0.306. The Morgan fingerprint density at radius 3 is 2.56 bits per heavy atom. The third-order valence-corrected chi connectivity index (χ3v) is 8.27. The monoisotopic (exact) mass is 495 g/mol. The number of fused-ring (bicyclic) bond motifs is 1. The SMILES string of the molecule is Cc1cccnc1[C@@H]1CCC[C@H](c2nc3cccc(Br)c3n2CC2CCN(C)CC2)N1C. The molecule has 0 spiro atoms. The van der Waals surface area contributed by atoms with Crippen molar-refractivity contribution in [2.75, 3.05) is 27.2 Å². The maximum Gasteiger partial charge on any atom is 0.127 e.